The molecule has 1 fully saturated rings. The summed E-state index contributed by atoms with van der Waals surface area (Å²) in [5.41, 5.74) is 0.759. The van der Waals surface area contributed by atoms with Gasteiger partial charge in [-0.1, -0.05) is 62.4 Å². The van der Waals surface area contributed by atoms with Gasteiger partial charge in [0, 0.05) is 50.9 Å². The monoisotopic (exact) mass is 539 g/mol. The summed E-state index contributed by atoms with van der Waals surface area (Å²) < 4.78 is 11.6. The number of carbonyl (C=O) groups excluding carboxylic acids is 1. The summed E-state index contributed by atoms with van der Waals surface area (Å²) in [6.45, 7) is 7.37. The minimum atomic E-state index is -1.12. The third kappa shape index (κ3) is 9.23. The van der Waals surface area contributed by atoms with Gasteiger partial charge in [-0.25, -0.2) is 4.79 Å². The van der Waals surface area contributed by atoms with E-state index in [4.69, 9.17) is 9.47 Å². The zero-order valence-corrected chi connectivity index (χ0v) is 24.3. The van der Waals surface area contributed by atoms with Crippen LogP contribution in [-0.4, -0.2) is 62.5 Å². The third-order valence-corrected chi connectivity index (χ3v) is 7.67. The maximum atomic E-state index is 13.4. The van der Waals surface area contributed by atoms with Gasteiger partial charge in [0.2, 0.25) is 0 Å². The van der Waals surface area contributed by atoms with Gasteiger partial charge in [-0.15, -0.1) is 0 Å². The van der Waals surface area contributed by atoms with E-state index in [1.165, 1.54) is 0 Å². The topological polar surface area (TPSA) is 83.1 Å². The fraction of sp³-hybridized carbons (Fsp3) is 0.594. The Morgan fingerprint density at radius 2 is 1.87 bits per heavy atom. The molecule has 0 bridgehead atoms. The number of likely N-dealkylation sites (N-methyl/N-ethyl adjacent to an activating group) is 1. The number of hydrogen-bond donors (Lipinski definition) is 3. The molecule has 0 spiro atoms. The second-order valence-electron chi connectivity index (χ2n) is 11.3. The van der Waals surface area contributed by atoms with Crippen LogP contribution in [0.15, 0.2) is 54.6 Å². The van der Waals surface area contributed by atoms with Gasteiger partial charge in [-0.3, -0.25) is 0 Å². The number of nitrogens with zero attached hydrogens (tertiary/aromatic N) is 1. The normalized spacial score (nSPS) is 18.0. The number of nitrogens with one attached hydrogen (secondary N) is 2. The van der Waals surface area contributed by atoms with Crippen molar-refractivity contribution in [3.63, 3.8) is 0 Å². The van der Waals surface area contributed by atoms with Crippen LogP contribution in [0.2, 0.25) is 0 Å². The molecule has 3 N–H and O–H groups in total. The molecular formula is C32H49N3O4. The molecule has 39 heavy (non-hydrogen) atoms. The predicted octanol–water partition coefficient (Wildman–Crippen LogP) is 5.33. The Balaban J connectivity index is 1.81. The Morgan fingerprint density at radius 3 is 2.59 bits per heavy atom. The van der Waals surface area contributed by atoms with Crippen LogP contribution in [0.5, 0.6) is 5.75 Å². The molecule has 3 atom stereocenters. The second kappa shape index (κ2) is 15.8. The number of methoxy groups -OCH3 is 1. The molecular weight excluding hydrogens is 490 g/mol. The maximum Gasteiger partial charge on any atom is 0.317 e. The predicted molar refractivity (Wildman–Crippen MR) is 157 cm³/mol. The molecule has 1 aliphatic rings. The summed E-state index contributed by atoms with van der Waals surface area (Å²) in [7, 11) is 3.62. The number of urea groups is 1. The van der Waals surface area contributed by atoms with Gasteiger partial charge in [0.05, 0.1) is 5.60 Å². The highest BCUT2D eigenvalue weighted by Gasteiger charge is 2.43. The van der Waals surface area contributed by atoms with E-state index in [0.29, 0.717) is 44.4 Å². The van der Waals surface area contributed by atoms with Crippen LogP contribution < -0.4 is 15.4 Å². The largest absolute Gasteiger partial charge is 0.489 e. The summed E-state index contributed by atoms with van der Waals surface area (Å²) in [5.74, 6) is 1.08. The number of hydrogen-bond acceptors (Lipinski definition) is 5. The number of carbonyl (C=O) groups is 1. The lowest BCUT2D eigenvalue weighted by Gasteiger charge is -2.43. The lowest BCUT2D eigenvalue weighted by molar-refractivity contribution is -0.0581. The van der Waals surface area contributed by atoms with Gasteiger partial charge in [0.1, 0.15) is 12.4 Å². The number of unbranched alkanes of at least 4 members (excludes halogenated alkanes) is 1. The molecule has 0 aromatic heterocycles. The molecule has 0 unspecified atom stereocenters. The third-order valence-electron chi connectivity index (χ3n) is 7.67. The number of benzene rings is 2. The molecule has 1 saturated heterocycles. The van der Waals surface area contributed by atoms with Crippen molar-refractivity contribution in [1.82, 2.24) is 15.5 Å². The smallest absolute Gasteiger partial charge is 0.317 e. The Kier molecular flexibility index (Phi) is 12.6. The highest BCUT2D eigenvalue weighted by molar-refractivity contribution is 5.74. The van der Waals surface area contributed by atoms with Crippen LogP contribution in [0.4, 0.5) is 4.79 Å². The van der Waals surface area contributed by atoms with Crippen molar-refractivity contribution in [2.75, 3.05) is 40.4 Å². The average molecular weight is 540 g/mol. The van der Waals surface area contributed by atoms with E-state index in [-0.39, 0.29) is 18.0 Å². The molecule has 7 nitrogen and oxygen atoms in total. The SMILES string of the molecule is CNC[C@H](CC(C)C)NC(=O)N1CCC[C@@H]([C@@](O)(CCCCOC)c2ccccc2OCc2ccccc2)C1. The van der Waals surface area contributed by atoms with Gasteiger partial charge in [0.15, 0.2) is 0 Å². The van der Waals surface area contributed by atoms with Gasteiger partial charge >= 0.3 is 6.03 Å². The Labute approximate surface area is 235 Å². The van der Waals surface area contributed by atoms with Gasteiger partial charge < -0.3 is 30.1 Å². The summed E-state index contributed by atoms with van der Waals surface area (Å²) in [6.07, 6.45) is 4.88. The zero-order chi connectivity index (χ0) is 28.1. The number of ether oxygens (including phenoxy) is 2. The van der Waals surface area contributed by atoms with E-state index in [1.807, 2.05) is 66.5 Å². The summed E-state index contributed by atoms with van der Waals surface area (Å²) in [4.78, 5) is 15.3. The molecule has 1 aliphatic heterocycles. The molecule has 2 aromatic carbocycles. The van der Waals surface area contributed by atoms with Gasteiger partial charge in [-0.2, -0.15) is 0 Å². The molecule has 3 rings (SSSR count). The zero-order valence-electron chi connectivity index (χ0n) is 24.3. The first kappa shape index (κ1) is 30.9. The molecule has 216 valence electrons. The lowest BCUT2D eigenvalue weighted by Crippen LogP contribution is -2.54. The van der Waals surface area contributed by atoms with E-state index >= 15 is 0 Å². The number of aliphatic hydroxyl groups is 1. The Hall–Kier alpha value is -2.61. The van der Waals surface area contributed by atoms with Crippen molar-refractivity contribution in [2.24, 2.45) is 11.8 Å². The van der Waals surface area contributed by atoms with Crippen LogP contribution in [-0.2, 0) is 16.9 Å². The summed E-state index contributed by atoms with van der Waals surface area (Å²) in [6, 6.07) is 17.9. The van der Waals surface area contributed by atoms with Crippen molar-refractivity contribution < 1.29 is 19.4 Å². The quantitative estimate of drug-likeness (QED) is 0.267. The number of para-hydroxylation sites is 1. The fourth-order valence-corrected chi connectivity index (χ4v) is 5.71. The first-order chi connectivity index (χ1) is 18.9. The maximum absolute atomic E-state index is 13.4. The lowest BCUT2D eigenvalue weighted by atomic mass is 9.73. The minimum absolute atomic E-state index is 0.0454. The van der Waals surface area contributed by atoms with Crippen molar-refractivity contribution in [2.45, 2.75) is 70.6 Å². The molecule has 2 aromatic rings. The van der Waals surface area contributed by atoms with Crippen LogP contribution in [0, 0.1) is 11.8 Å². The first-order valence-corrected chi connectivity index (χ1v) is 14.5. The van der Waals surface area contributed by atoms with Crippen LogP contribution >= 0.6 is 0 Å². The molecule has 7 heteroatoms. The van der Waals surface area contributed by atoms with Crippen molar-refractivity contribution >= 4 is 6.03 Å². The van der Waals surface area contributed by atoms with Crippen molar-refractivity contribution in [3.05, 3.63) is 65.7 Å². The summed E-state index contributed by atoms with van der Waals surface area (Å²) in [5, 5.41) is 18.9. The molecule has 0 saturated carbocycles. The Bertz CT molecular complexity index is 986. The first-order valence-electron chi connectivity index (χ1n) is 14.5. The van der Waals surface area contributed by atoms with E-state index in [1.54, 1.807) is 7.11 Å². The number of rotatable bonds is 15. The second-order valence-corrected chi connectivity index (χ2v) is 11.3. The van der Waals surface area contributed by atoms with E-state index in [9.17, 15) is 9.90 Å². The van der Waals surface area contributed by atoms with Crippen LogP contribution in [0.1, 0.15) is 63.5 Å². The van der Waals surface area contributed by atoms with Crippen molar-refractivity contribution in [1.29, 1.82) is 0 Å². The van der Waals surface area contributed by atoms with Crippen molar-refractivity contribution in [3.8, 4) is 5.75 Å². The number of piperidine rings is 1. The van der Waals surface area contributed by atoms with Gasteiger partial charge in [0.25, 0.3) is 0 Å². The Morgan fingerprint density at radius 1 is 1.13 bits per heavy atom. The van der Waals surface area contributed by atoms with E-state index in [0.717, 1.165) is 49.8 Å². The van der Waals surface area contributed by atoms with Crippen LogP contribution in [0.25, 0.3) is 0 Å². The van der Waals surface area contributed by atoms with E-state index < -0.39 is 5.60 Å². The molecule has 0 aliphatic carbocycles. The minimum Gasteiger partial charge on any atom is -0.489 e. The number of amides is 2. The summed E-state index contributed by atoms with van der Waals surface area (Å²) >= 11 is 0. The van der Waals surface area contributed by atoms with Gasteiger partial charge in [-0.05, 0) is 63.1 Å². The molecule has 2 amide bonds. The fourth-order valence-electron chi connectivity index (χ4n) is 5.71. The average Bonchev–Trinajstić information content (AvgIpc) is 2.94. The highest BCUT2D eigenvalue weighted by atomic mass is 16.5. The molecule has 1 heterocycles. The molecule has 0 radical (unpaired) electrons. The highest BCUT2D eigenvalue weighted by Crippen LogP contribution is 2.43. The van der Waals surface area contributed by atoms with Crippen LogP contribution in [0.3, 0.4) is 0 Å². The number of likely N-dealkylation sites (tertiary alicyclic amines) is 1. The standard InChI is InChI=1S/C32H49N3O4/c1-25(2)21-28(22-33-3)34-31(36)35-19-12-15-27(23-35)32(37,18-10-11-20-38-4)29-16-8-9-17-30(29)39-24-26-13-6-5-7-14-26/h5-9,13-14,16-17,25,27-28,33,37H,10-12,15,18-24H2,1-4H3,(H,34,36)/t27-,28+,32+/m1/s1. The van der Waals surface area contributed by atoms with E-state index in [2.05, 4.69) is 24.5 Å².